The van der Waals surface area contributed by atoms with Gasteiger partial charge in [0, 0.05) is 23.6 Å². The molecular weight excluding hydrogens is 431 g/mol. The number of halogens is 3. The second-order valence-corrected chi connectivity index (χ2v) is 9.57. The molecule has 29 heavy (non-hydrogen) atoms. The van der Waals surface area contributed by atoms with Crippen molar-refractivity contribution in [1.29, 1.82) is 5.26 Å². The van der Waals surface area contributed by atoms with Crippen LogP contribution in [0.3, 0.4) is 0 Å². The van der Waals surface area contributed by atoms with E-state index in [2.05, 4.69) is 11.4 Å². The Morgan fingerprint density at radius 3 is 2.45 bits per heavy atom. The van der Waals surface area contributed by atoms with Gasteiger partial charge in [0.25, 0.3) is 0 Å². The molecule has 1 amide bonds. The zero-order valence-electron chi connectivity index (χ0n) is 15.3. The van der Waals surface area contributed by atoms with E-state index in [4.69, 9.17) is 34.8 Å². The molecule has 0 aliphatic heterocycles. The smallest absolute Gasteiger partial charge is 0.231 e. The lowest BCUT2D eigenvalue weighted by Crippen LogP contribution is -2.17. The van der Waals surface area contributed by atoms with Gasteiger partial charge in [-0.3, -0.25) is 9.59 Å². The standard InChI is InChI=1S/C22H17Cl3N2O2/c23-16-7-6-14(10-15(16)17(28)11-21(12-26)8-9-21)27-20(29)19-18(22(19,24)25)13-4-2-1-3-5-13/h1-7,10,18-19H,8-9,11H2,(H,27,29). The fourth-order valence-corrected chi connectivity index (χ4v) is 4.70. The molecule has 2 unspecified atom stereocenters. The third kappa shape index (κ3) is 3.88. The number of carbonyl (C=O) groups is 2. The lowest BCUT2D eigenvalue weighted by atomic mass is 9.96. The van der Waals surface area contributed by atoms with E-state index in [0.29, 0.717) is 16.3 Å². The first-order valence-corrected chi connectivity index (χ1v) is 10.4. The average molecular weight is 448 g/mol. The Bertz CT molecular complexity index is 1030. The predicted octanol–water partition coefficient (Wildman–Crippen LogP) is 5.74. The van der Waals surface area contributed by atoms with Gasteiger partial charge in [-0.05, 0) is 36.6 Å². The first-order chi connectivity index (χ1) is 13.8. The van der Waals surface area contributed by atoms with E-state index < -0.39 is 15.7 Å². The number of benzene rings is 2. The van der Waals surface area contributed by atoms with Crippen molar-refractivity contribution >= 4 is 52.2 Å². The summed E-state index contributed by atoms with van der Waals surface area (Å²) >= 11 is 18.9. The molecule has 2 aliphatic carbocycles. The van der Waals surface area contributed by atoms with Crippen LogP contribution < -0.4 is 5.32 Å². The molecule has 2 atom stereocenters. The highest BCUT2D eigenvalue weighted by molar-refractivity contribution is 6.53. The van der Waals surface area contributed by atoms with Gasteiger partial charge in [0.2, 0.25) is 5.91 Å². The number of alkyl halides is 2. The molecule has 7 heteroatoms. The van der Waals surface area contributed by atoms with Gasteiger partial charge < -0.3 is 5.32 Å². The minimum Gasteiger partial charge on any atom is -0.326 e. The van der Waals surface area contributed by atoms with Gasteiger partial charge in [0.15, 0.2) is 5.78 Å². The molecule has 2 aromatic carbocycles. The van der Waals surface area contributed by atoms with Gasteiger partial charge in [-0.15, -0.1) is 23.2 Å². The number of anilines is 1. The highest BCUT2D eigenvalue weighted by Crippen LogP contribution is 2.65. The van der Waals surface area contributed by atoms with Gasteiger partial charge in [-0.25, -0.2) is 0 Å². The monoisotopic (exact) mass is 446 g/mol. The number of rotatable bonds is 6. The maximum absolute atomic E-state index is 12.8. The van der Waals surface area contributed by atoms with Gasteiger partial charge in [-0.2, -0.15) is 5.26 Å². The summed E-state index contributed by atoms with van der Waals surface area (Å²) in [4.78, 5) is 25.4. The number of ketones is 1. The van der Waals surface area contributed by atoms with Crippen molar-refractivity contribution in [3.63, 3.8) is 0 Å². The zero-order chi connectivity index (χ0) is 20.8. The van der Waals surface area contributed by atoms with Crippen molar-refractivity contribution in [3.8, 4) is 6.07 Å². The molecule has 2 aliphatic rings. The summed E-state index contributed by atoms with van der Waals surface area (Å²) < 4.78 is -1.18. The number of nitrogens with zero attached hydrogens (tertiary/aromatic N) is 1. The molecule has 1 N–H and O–H groups in total. The molecule has 148 valence electrons. The minimum atomic E-state index is -1.18. The molecule has 0 bridgehead atoms. The molecule has 2 fully saturated rings. The molecule has 2 saturated carbocycles. The summed E-state index contributed by atoms with van der Waals surface area (Å²) in [5.41, 5.74) is 1.07. The van der Waals surface area contributed by atoms with Crippen molar-refractivity contribution < 1.29 is 9.59 Å². The van der Waals surface area contributed by atoms with Crippen molar-refractivity contribution in [1.82, 2.24) is 0 Å². The summed E-state index contributed by atoms with van der Waals surface area (Å²) in [7, 11) is 0. The summed E-state index contributed by atoms with van der Waals surface area (Å²) in [6.45, 7) is 0. The molecular formula is C22H17Cl3N2O2. The fourth-order valence-electron chi connectivity index (χ4n) is 3.65. The van der Waals surface area contributed by atoms with Crippen molar-refractivity contribution in [2.75, 3.05) is 5.32 Å². The zero-order valence-corrected chi connectivity index (χ0v) is 17.6. The van der Waals surface area contributed by atoms with Crippen LogP contribution in [0.25, 0.3) is 0 Å². The lowest BCUT2D eigenvalue weighted by molar-refractivity contribution is -0.117. The molecule has 0 radical (unpaired) electrons. The van der Waals surface area contributed by atoms with Crippen LogP contribution in [0.2, 0.25) is 5.02 Å². The summed E-state index contributed by atoms with van der Waals surface area (Å²) in [5.74, 6) is -1.43. The Hall–Kier alpha value is -2.06. The van der Waals surface area contributed by atoms with Crippen molar-refractivity contribution in [3.05, 3.63) is 64.7 Å². The first kappa shape index (κ1) is 20.2. The molecule has 4 nitrogen and oxygen atoms in total. The Morgan fingerprint density at radius 1 is 1.14 bits per heavy atom. The number of nitrogens with one attached hydrogen (secondary N) is 1. The highest BCUT2D eigenvalue weighted by Gasteiger charge is 2.67. The van der Waals surface area contributed by atoms with Crippen LogP contribution in [0.4, 0.5) is 5.69 Å². The van der Waals surface area contributed by atoms with Crippen LogP contribution >= 0.6 is 34.8 Å². The fraction of sp³-hybridized carbons (Fsp3) is 0.318. The van der Waals surface area contributed by atoms with Crippen molar-refractivity contribution in [2.45, 2.75) is 29.5 Å². The van der Waals surface area contributed by atoms with E-state index in [1.807, 2.05) is 30.3 Å². The second kappa shape index (κ2) is 7.32. The van der Waals surface area contributed by atoms with E-state index >= 15 is 0 Å². The number of Topliss-reactive ketones (excluding diaryl/α,β-unsaturated/α-hetero) is 1. The molecule has 0 saturated heterocycles. The van der Waals surface area contributed by atoms with Gasteiger partial charge >= 0.3 is 0 Å². The Morgan fingerprint density at radius 2 is 1.83 bits per heavy atom. The molecule has 0 spiro atoms. The summed E-state index contributed by atoms with van der Waals surface area (Å²) in [6, 6.07) is 16.3. The SMILES string of the molecule is N#CC1(CC(=O)c2cc(NC(=O)C3C(c4ccccc4)C3(Cl)Cl)ccc2Cl)CC1. The van der Waals surface area contributed by atoms with Crippen LogP contribution in [0, 0.1) is 22.7 Å². The quantitative estimate of drug-likeness (QED) is 0.453. The van der Waals surface area contributed by atoms with Crippen LogP contribution in [-0.4, -0.2) is 16.0 Å². The maximum Gasteiger partial charge on any atom is 0.231 e. The van der Waals surface area contributed by atoms with E-state index in [1.165, 1.54) is 0 Å². The lowest BCUT2D eigenvalue weighted by Gasteiger charge is -2.10. The van der Waals surface area contributed by atoms with Gasteiger partial charge in [0.1, 0.15) is 4.33 Å². The third-order valence-corrected chi connectivity index (χ3v) is 6.89. The Kier molecular flexibility index (Phi) is 5.11. The first-order valence-electron chi connectivity index (χ1n) is 9.25. The van der Waals surface area contributed by atoms with Crippen LogP contribution in [0.15, 0.2) is 48.5 Å². The van der Waals surface area contributed by atoms with Crippen LogP contribution in [-0.2, 0) is 4.79 Å². The normalized spacial score (nSPS) is 23.0. The Balaban J connectivity index is 1.49. The van der Waals surface area contributed by atoms with Crippen LogP contribution in [0.1, 0.15) is 41.1 Å². The van der Waals surface area contributed by atoms with Crippen LogP contribution in [0.5, 0.6) is 0 Å². The number of hydrogen-bond acceptors (Lipinski definition) is 3. The van der Waals surface area contributed by atoms with E-state index in [1.54, 1.807) is 18.2 Å². The summed E-state index contributed by atoms with van der Waals surface area (Å²) in [5, 5.41) is 12.3. The average Bonchev–Trinajstić information content (AvgIpc) is 3.59. The maximum atomic E-state index is 12.8. The number of carbonyl (C=O) groups excluding carboxylic acids is 2. The largest absolute Gasteiger partial charge is 0.326 e. The molecule has 4 rings (SSSR count). The number of nitriles is 1. The minimum absolute atomic E-state index is 0.131. The number of hydrogen-bond donors (Lipinski definition) is 1. The van der Waals surface area contributed by atoms with Gasteiger partial charge in [0.05, 0.1) is 22.4 Å². The van der Waals surface area contributed by atoms with Gasteiger partial charge in [-0.1, -0.05) is 41.9 Å². The van der Waals surface area contributed by atoms with E-state index in [0.717, 1.165) is 18.4 Å². The van der Waals surface area contributed by atoms with E-state index in [-0.39, 0.29) is 24.0 Å². The highest BCUT2D eigenvalue weighted by atomic mass is 35.5. The number of amides is 1. The Labute approximate surface area is 183 Å². The predicted molar refractivity (Wildman–Crippen MR) is 113 cm³/mol. The van der Waals surface area contributed by atoms with Crippen molar-refractivity contribution in [2.24, 2.45) is 11.3 Å². The second-order valence-electron chi connectivity index (χ2n) is 7.72. The van der Waals surface area contributed by atoms with E-state index in [9.17, 15) is 14.9 Å². The molecule has 0 aromatic heterocycles. The molecule has 2 aromatic rings. The topological polar surface area (TPSA) is 70.0 Å². The molecule has 0 heterocycles. The third-order valence-electron chi connectivity index (χ3n) is 5.62. The summed E-state index contributed by atoms with van der Waals surface area (Å²) in [6.07, 6.45) is 1.57.